The Balaban J connectivity index is 5.03. The first kappa shape index (κ1) is 16.5. The van der Waals surface area contributed by atoms with E-state index < -0.39 is 0 Å². The largest absolute Gasteiger partial charge is 0.0874 e. The van der Waals surface area contributed by atoms with Gasteiger partial charge in [-0.1, -0.05) is 58.8 Å². The second-order valence-electron chi connectivity index (χ2n) is 5.66. The predicted molar refractivity (Wildman–Crippen MR) is 80.2 cm³/mol. The lowest BCUT2D eigenvalue weighted by Crippen LogP contribution is -2.15. The van der Waals surface area contributed by atoms with Gasteiger partial charge in [0.05, 0.1) is 0 Å². The van der Waals surface area contributed by atoms with E-state index in [1.54, 1.807) is 5.57 Å². The highest BCUT2D eigenvalue weighted by Gasteiger charge is 2.19. The zero-order chi connectivity index (χ0) is 13.4. The van der Waals surface area contributed by atoms with Crippen LogP contribution in [0.25, 0.3) is 0 Å². The molecule has 0 aromatic carbocycles. The summed E-state index contributed by atoms with van der Waals surface area (Å²) in [6.07, 6.45) is 8.24. The predicted octanol–water partition coefficient (Wildman–Crippen LogP) is 6.00. The second-order valence-corrected chi connectivity index (χ2v) is 5.66. The van der Waals surface area contributed by atoms with Crippen LogP contribution in [0.15, 0.2) is 23.3 Å². The van der Waals surface area contributed by atoms with Crippen molar-refractivity contribution in [3.63, 3.8) is 0 Å². The summed E-state index contributed by atoms with van der Waals surface area (Å²) in [5.74, 6) is 2.33. The van der Waals surface area contributed by atoms with E-state index in [1.165, 1.54) is 18.4 Å². The van der Waals surface area contributed by atoms with Crippen molar-refractivity contribution in [3.8, 4) is 0 Å². The lowest BCUT2D eigenvalue weighted by Gasteiger charge is -2.26. The summed E-state index contributed by atoms with van der Waals surface area (Å²) >= 11 is 0. The second kappa shape index (κ2) is 8.55. The smallest absolute Gasteiger partial charge is 0.0175 e. The lowest BCUT2D eigenvalue weighted by atomic mass is 9.79. The van der Waals surface area contributed by atoms with Crippen LogP contribution < -0.4 is 0 Å². The minimum atomic E-state index is 0.746. The minimum Gasteiger partial charge on any atom is -0.0874 e. The monoisotopic (exact) mass is 236 g/mol. The molecule has 0 N–H and O–H groups in total. The Morgan fingerprint density at radius 2 is 1.71 bits per heavy atom. The molecule has 0 heteroatoms. The summed E-state index contributed by atoms with van der Waals surface area (Å²) in [6.45, 7) is 16.1. The Hall–Kier alpha value is -0.520. The van der Waals surface area contributed by atoms with Gasteiger partial charge >= 0.3 is 0 Å². The summed E-state index contributed by atoms with van der Waals surface area (Å²) in [4.78, 5) is 0. The van der Waals surface area contributed by atoms with Gasteiger partial charge in [0, 0.05) is 0 Å². The molecule has 0 aliphatic carbocycles. The van der Waals surface area contributed by atoms with Gasteiger partial charge in [0.25, 0.3) is 0 Å². The van der Waals surface area contributed by atoms with Gasteiger partial charge in [-0.25, -0.2) is 0 Å². The van der Waals surface area contributed by atoms with E-state index in [2.05, 4.69) is 60.6 Å². The molecule has 0 rings (SSSR count). The molecule has 0 nitrogen and oxygen atoms in total. The number of allylic oxidation sites excluding steroid dienone is 4. The normalized spacial score (nSPS) is 17.4. The molecule has 0 bridgehead atoms. The molecule has 17 heavy (non-hydrogen) atoms. The summed E-state index contributed by atoms with van der Waals surface area (Å²) in [7, 11) is 0. The molecule has 0 saturated heterocycles. The molecular formula is C17H32. The molecular weight excluding hydrogens is 204 g/mol. The van der Waals surface area contributed by atoms with E-state index in [0.29, 0.717) is 0 Å². The van der Waals surface area contributed by atoms with E-state index in [0.717, 1.165) is 24.2 Å². The first-order chi connectivity index (χ1) is 7.97. The van der Waals surface area contributed by atoms with Crippen molar-refractivity contribution in [2.24, 2.45) is 17.8 Å². The van der Waals surface area contributed by atoms with Crippen molar-refractivity contribution >= 4 is 0 Å². The van der Waals surface area contributed by atoms with Gasteiger partial charge < -0.3 is 0 Å². The highest BCUT2D eigenvalue weighted by atomic mass is 14.2. The maximum Gasteiger partial charge on any atom is -0.0175 e. The molecule has 0 aromatic rings. The molecule has 0 spiro atoms. The van der Waals surface area contributed by atoms with Crippen LogP contribution >= 0.6 is 0 Å². The number of hydrogen-bond acceptors (Lipinski definition) is 0. The van der Waals surface area contributed by atoms with E-state index in [1.807, 2.05) is 0 Å². The third-order valence-corrected chi connectivity index (χ3v) is 3.97. The maximum absolute atomic E-state index is 2.38. The van der Waals surface area contributed by atoms with Crippen LogP contribution in [0.1, 0.15) is 67.7 Å². The van der Waals surface area contributed by atoms with E-state index in [9.17, 15) is 0 Å². The molecule has 0 heterocycles. The Kier molecular flexibility index (Phi) is 8.29. The summed E-state index contributed by atoms with van der Waals surface area (Å²) in [5.41, 5.74) is 3.15. The highest BCUT2D eigenvalue weighted by Crippen LogP contribution is 2.31. The third kappa shape index (κ3) is 5.57. The average molecular weight is 236 g/mol. The van der Waals surface area contributed by atoms with Gasteiger partial charge in [0.2, 0.25) is 0 Å². The van der Waals surface area contributed by atoms with Gasteiger partial charge in [-0.3, -0.25) is 0 Å². The fourth-order valence-electron chi connectivity index (χ4n) is 2.52. The Morgan fingerprint density at radius 1 is 1.12 bits per heavy atom. The Morgan fingerprint density at radius 3 is 2.06 bits per heavy atom. The fourth-order valence-corrected chi connectivity index (χ4v) is 2.52. The quantitative estimate of drug-likeness (QED) is 0.476. The molecule has 2 atom stereocenters. The van der Waals surface area contributed by atoms with Crippen LogP contribution in [0.5, 0.6) is 0 Å². The van der Waals surface area contributed by atoms with Crippen LogP contribution in [0, 0.1) is 17.8 Å². The number of hydrogen-bond donors (Lipinski definition) is 0. The Labute approximate surface area is 109 Å². The van der Waals surface area contributed by atoms with Crippen LogP contribution in [-0.2, 0) is 0 Å². The van der Waals surface area contributed by atoms with Gasteiger partial charge in [-0.2, -0.15) is 0 Å². The molecule has 0 radical (unpaired) electrons. The molecule has 100 valence electrons. The average Bonchev–Trinajstić information content (AvgIpc) is 2.31. The van der Waals surface area contributed by atoms with Crippen molar-refractivity contribution in [1.29, 1.82) is 0 Å². The summed E-state index contributed by atoms with van der Waals surface area (Å²) in [6, 6.07) is 0. The van der Waals surface area contributed by atoms with Gasteiger partial charge in [0.15, 0.2) is 0 Å². The zero-order valence-electron chi connectivity index (χ0n) is 13.0. The standard InChI is InChI=1S/C17H32/c1-8-11-16(10-3)15(7)17(13(4)5)12-14(6)9-2/h8,11,13-14,17H,9-10,12H2,1-7H3. The van der Waals surface area contributed by atoms with E-state index in [4.69, 9.17) is 0 Å². The maximum atomic E-state index is 2.38. The van der Waals surface area contributed by atoms with Crippen molar-refractivity contribution in [1.82, 2.24) is 0 Å². The zero-order valence-corrected chi connectivity index (χ0v) is 13.0. The first-order valence-electron chi connectivity index (χ1n) is 7.30. The molecule has 2 unspecified atom stereocenters. The molecule has 0 aliphatic rings. The Bertz CT molecular complexity index is 255. The minimum absolute atomic E-state index is 0.746. The number of rotatable bonds is 7. The topological polar surface area (TPSA) is 0 Å². The molecule has 0 aliphatic heterocycles. The van der Waals surface area contributed by atoms with E-state index >= 15 is 0 Å². The van der Waals surface area contributed by atoms with Crippen LogP contribution in [0.4, 0.5) is 0 Å². The fraction of sp³-hybridized carbons (Fsp3) is 0.765. The van der Waals surface area contributed by atoms with Crippen molar-refractivity contribution in [2.45, 2.75) is 67.7 Å². The summed E-state index contributed by atoms with van der Waals surface area (Å²) < 4.78 is 0. The van der Waals surface area contributed by atoms with Crippen LogP contribution in [-0.4, -0.2) is 0 Å². The van der Waals surface area contributed by atoms with Crippen LogP contribution in [0.2, 0.25) is 0 Å². The molecule has 0 aromatic heterocycles. The van der Waals surface area contributed by atoms with Gasteiger partial charge in [0.1, 0.15) is 0 Å². The highest BCUT2D eigenvalue weighted by molar-refractivity contribution is 5.26. The van der Waals surface area contributed by atoms with Crippen LogP contribution in [0.3, 0.4) is 0 Å². The lowest BCUT2D eigenvalue weighted by molar-refractivity contribution is 0.342. The first-order valence-corrected chi connectivity index (χ1v) is 7.30. The van der Waals surface area contributed by atoms with E-state index in [-0.39, 0.29) is 0 Å². The van der Waals surface area contributed by atoms with Crippen molar-refractivity contribution < 1.29 is 0 Å². The SMILES string of the molecule is CC=CC(CC)=C(C)C(CC(C)CC)C(C)C. The third-order valence-electron chi connectivity index (χ3n) is 3.97. The molecule has 0 fully saturated rings. The van der Waals surface area contributed by atoms with Crippen molar-refractivity contribution in [2.75, 3.05) is 0 Å². The van der Waals surface area contributed by atoms with Gasteiger partial charge in [-0.05, 0) is 50.0 Å². The van der Waals surface area contributed by atoms with Crippen molar-refractivity contribution in [3.05, 3.63) is 23.3 Å². The summed E-state index contributed by atoms with van der Waals surface area (Å²) in [5, 5.41) is 0. The van der Waals surface area contributed by atoms with Gasteiger partial charge in [-0.15, -0.1) is 0 Å². The molecule has 0 saturated carbocycles. The molecule has 0 amide bonds.